The van der Waals surface area contributed by atoms with Crippen LogP contribution in [0.2, 0.25) is 0 Å². The number of nitrogens with two attached hydrogens (primary N) is 1. The number of fused-ring (bicyclic) bond motifs is 1. The molecule has 0 aliphatic carbocycles. The molecule has 116 valence electrons. The van der Waals surface area contributed by atoms with Crippen LogP contribution in [0.15, 0.2) is 18.2 Å². The number of halogens is 1. The Kier molecular flexibility index (Phi) is 4.67. The molecule has 0 unspecified atom stereocenters. The van der Waals surface area contributed by atoms with Crippen molar-refractivity contribution >= 4 is 11.0 Å². The van der Waals surface area contributed by atoms with Gasteiger partial charge in [0.05, 0.1) is 11.0 Å². The lowest BCUT2D eigenvalue weighted by Gasteiger charge is -2.24. The van der Waals surface area contributed by atoms with Gasteiger partial charge in [0.25, 0.3) is 0 Å². The number of nitrogens with zero attached hydrogens (tertiary/aromatic N) is 2. The van der Waals surface area contributed by atoms with Crippen LogP contribution < -0.4 is 5.73 Å². The first-order valence-electron chi connectivity index (χ1n) is 7.70. The summed E-state index contributed by atoms with van der Waals surface area (Å²) in [7, 11) is 0. The highest BCUT2D eigenvalue weighted by molar-refractivity contribution is 5.76. The third-order valence-corrected chi connectivity index (χ3v) is 4.09. The summed E-state index contributed by atoms with van der Waals surface area (Å²) < 4.78 is 15.7. The van der Waals surface area contributed by atoms with Crippen molar-refractivity contribution in [3.8, 4) is 0 Å². The fourth-order valence-electron chi connectivity index (χ4n) is 2.83. The molecule has 0 fully saturated rings. The molecule has 4 heteroatoms. The maximum atomic E-state index is 13.5. The van der Waals surface area contributed by atoms with Gasteiger partial charge in [0.15, 0.2) is 0 Å². The molecule has 0 saturated heterocycles. The second kappa shape index (κ2) is 6.14. The third kappa shape index (κ3) is 3.62. The molecule has 0 saturated carbocycles. The molecular formula is C17H26FN3. The molecule has 2 aromatic rings. The Labute approximate surface area is 126 Å². The fourth-order valence-corrected chi connectivity index (χ4v) is 2.83. The van der Waals surface area contributed by atoms with Gasteiger partial charge in [-0.05, 0) is 56.8 Å². The van der Waals surface area contributed by atoms with Crippen LogP contribution in [0, 0.1) is 11.2 Å². The van der Waals surface area contributed by atoms with Crippen molar-refractivity contribution in [2.24, 2.45) is 11.1 Å². The Hall–Kier alpha value is -1.42. The average Bonchev–Trinajstić information content (AvgIpc) is 2.74. The van der Waals surface area contributed by atoms with E-state index in [0.29, 0.717) is 6.54 Å². The van der Waals surface area contributed by atoms with Crippen LogP contribution in [-0.2, 0) is 6.42 Å². The first-order valence-corrected chi connectivity index (χ1v) is 7.70. The van der Waals surface area contributed by atoms with Crippen molar-refractivity contribution in [2.45, 2.75) is 53.0 Å². The summed E-state index contributed by atoms with van der Waals surface area (Å²) in [4.78, 5) is 4.70. The van der Waals surface area contributed by atoms with Gasteiger partial charge in [0.2, 0.25) is 0 Å². The van der Waals surface area contributed by atoms with Crippen molar-refractivity contribution in [2.75, 3.05) is 6.54 Å². The predicted molar refractivity (Wildman–Crippen MR) is 85.8 cm³/mol. The smallest absolute Gasteiger partial charge is 0.125 e. The van der Waals surface area contributed by atoms with Gasteiger partial charge in [0.1, 0.15) is 11.6 Å². The van der Waals surface area contributed by atoms with Gasteiger partial charge < -0.3 is 10.3 Å². The molecule has 1 aromatic carbocycles. The number of hydrogen-bond acceptors (Lipinski definition) is 2. The highest BCUT2D eigenvalue weighted by Gasteiger charge is 2.20. The predicted octanol–water partition coefficient (Wildman–Crippen LogP) is 4.06. The zero-order chi connectivity index (χ0) is 15.6. The number of aryl methyl sites for hydroxylation is 1. The van der Waals surface area contributed by atoms with Crippen molar-refractivity contribution in [1.29, 1.82) is 0 Å². The van der Waals surface area contributed by atoms with Crippen LogP contribution in [-0.4, -0.2) is 16.1 Å². The molecule has 0 atom stereocenters. The first-order chi connectivity index (χ1) is 9.84. The highest BCUT2D eigenvalue weighted by Crippen LogP contribution is 2.28. The minimum Gasteiger partial charge on any atom is -0.330 e. The van der Waals surface area contributed by atoms with Gasteiger partial charge in [0, 0.05) is 12.5 Å². The van der Waals surface area contributed by atoms with Crippen molar-refractivity contribution in [1.82, 2.24) is 9.55 Å². The van der Waals surface area contributed by atoms with Gasteiger partial charge >= 0.3 is 0 Å². The molecule has 2 N–H and O–H groups in total. The molecule has 0 aliphatic rings. The van der Waals surface area contributed by atoms with Crippen LogP contribution in [0.3, 0.4) is 0 Å². The number of aromatic nitrogens is 2. The fraction of sp³-hybridized carbons (Fsp3) is 0.588. The Morgan fingerprint density at radius 3 is 2.62 bits per heavy atom. The van der Waals surface area contributed by atoms with E-state index < -0.39 is 0 Å². The monoisotopic (exact) mass is 291 g/mol. The Morgan fingerprint density at radius 2 is 2.00 bits per heavy atom. The zero-order valence-corrected chi connectivity index (χ0v) is 13.5. The van der Waals surface area contributed by atoms with Crippen LogP contribution in [0.4, 0.5) is 4.39 Å². The maximum Gasteiger partial charge on any atom is 0.125 e. The molecule has 21 heavy (non-hydrogen) atoms. The van der Waals surface area contributed by atoms with Gasteiger partial charge in [-0.25, -0.2) is 9.37 Å². The van der Waals surface area contributed by atoms with E-state index in [9.17, 15) is 4.39 Å². The second-order valence-corrected chi connectivity index (χ2v) is 6.83. The molecule has 0 amide bonds. The average molecular weight is 291 g/mol. The zero-order valence-electron chi connectivity index (χ0n) is 13.5. The lowest BCUT2D eigenvalue weighted by molar-refractivity contribution is 0.308. The molecule has 1 heterocycles. The summed E-state index contributed by atoms with van der Waals surface area (Å²) in [6, 6.07) is 5.08. The van der Waals surface area contributed by atoms with E-state index in [1.54, 1.807) is 12.1 Å². The highest BCUT2D eigenvalue weighted by atomic mass is 19.1. The third-order valence-electron chi connectivity index (χ3n) is 4.09. The van der Waals surface area contributed by atoms with Crippen molar-refractivity contribution in [3.63, 3.8) is 0 Å². The van der Waals surface area contributed by atoms with Crippen molar-refractivity contribution < 1.29 is 4.39 Å². The number of hydrogen-bond donors (Lipinski definition) is 1. The normalized spacial score (nSPS) is 12.5. The summed E-state index contributed by atoms with van der Waals surface area (Å²) in [6.07, 6.45) is 2.92. The Balaban J connectivity index is 2.33. The topological polar surface area (TPSA) is 43.8 Å². The van der Waals surface area contributed by atoms with E-state index in [-0.39, 0.29) is 17.3 Å². The summed E-state index contributed by atoms with van der Waals surface area (Å²) >= 11 is 0. The lowest BCUT2D eigenvalue weighted by atomic mass is 9.84. The van der Waals surface area contributed by atoms with E-state index in [1.165, 1.54) is 6.07 Å². The molecule has 2 rings (SSSR count). The first kappa shape index (κ1) is 16.0. The van der Waals surface area contributed by atoms with E-state index >= 15 is 0 Å². The van der Waals surface area contributed by atoms with Crippen LogP contribution in [0.25, 0.3) is 11.0 Å². The van der Waals surface area contributed by atoms with E-state index in [1.807, 2.05) is 0 Å². The number of benzene rings is 1. The largest absolute Gasteiger partial charge is 0.330 e. The van der Waals surface area contributed by atoms with Gasteiger partial charge in [-0.1, -0.05) is 13.8 Å². The summed E-state index contributed by atoms with van der Waals surface area (Å²) in [5.74, 6) is 0.829. The van der Waals surface area contributed by atoms with Gasteiger partial charge in [-0.3, -0.25) is 0 Å². The van der Waals surface area contributed by atoms with Crippen molar-refractivity contribution in [3.05, 3.63) is 29.8 Å². The van der Waals surface area contributed by atoms with E-state index in [0.717, 1.165) is 36.1 Å². The van der Waals surface area contributed by atoms with Crippen LogP contribution >= 0.6 is 0 Å². The number of imidazole rings is 1. The standard InChI is InChI=1S/C17H26FN3/c1-12(2)21-15-11-13(18)5-6-14(15)20-16(21)7-8-17(3,4)9-10-19/h5-6,11-12H,7-10,19H2,1-4H3. The van der Waals surface area contributed by atoms with E-state index in [4.69, 9.17) is 10.7 Å². The molecular weight excluding hydrogens is 265 g/mol. The SMILES string of the molecule is CC(C)n1c(CCC(C)(C)CCN)nc2ccc(F)cc21. The maximum absolute atomic E-state index is 13.5. The molecule has 0 spiro atoms. The van der Waals surface area contributed by atoms with Crippen LogP contribution in [0.1, 0.15) is 52.4 Å². The number of rotatable bonds is 6. The Morgan fingerprint density at radius 1 is 1.29 bits per heavy atom. The van der Waals surface area contributed by atoms with Gasteiger partial charge in [-0.2, -0.15) is 0 Å². The molecule has 0 radical (unpaired) electrons. The minimum atomic E-state index is -0.209. The quantitative estimate of drug-likeness (QED) is 0.872. The second-order valence-electron chi connectivity index (χ2n) is 6.83. The lowest BCUT2D eigenvalue weighted by Crippen LogP contribution is -2.19. The minimum absolute atomic E-state index is 0.208. The Bertz CT molecular complexity index is 614. The van der Waals surface area contributed by atoms with Gasteiger partial charge in [-0.15, -0.1) is 0 Å². The van der Waals surface area contributed by atoms with E-state index in [2.05, 4.69) is 32.3 Å². The summed E-state index contributed by atoms with van der Waals surface area (Å²) in [5, 5.41) is 0. The summed E-state index contributed by atoms with van der Waals surface area (Å²) in [6.45, 7) is 9.41. The molecule has 1 aromatic heterocycles. The summed E-state index contributed by atoms with van der Waals surface area (Å²) in [5.41, 5.74) is 7.64. The van der Waals surface area contributed by atoms with Crippen LogP contribution in [0.5, 0.6) is 0 Å². The molecule has 0 bridgehead atoms. The molecule has 0 aliphatic heterocycles. The molecule has 3 nitrogen and oxygen atoms in total.